The number of hydrogen-bond acceptors (Lipinski definition) is 4. The Hall–Kier alpha value is -2.09. The Morgan fingerprint density at radius 2 is 2.29 bits per heavy atom. The van der Waals surface area contributed by atoms with Crippen molar-refractivity contribution in [3.8, 4) is 0 Å². The van der Waals surface area contributed by atoms with Gasteiger partial charge in [-0.25, -0.2) is 14.6 Å². The van der Waals surface area contributed by atoms with Crippen molar-refractivity contribution in [2.24, 2.45) is 0 Å². The van der Waals surface area contributed by atoms with Crippen LogP contribution in [0.15, 0.2) is 12.5 Å². The molecule has 1 aromatic heterocycles. The molecule has 0 aliphatic carbocycles. The van der Waals surface area contributed by atoms with Gasteiger partial charge in [0.2, 0.25) is 0 Å². The maximum Gasteiger partial charge on any atom is 0.356 e. The van der Waals surface area contributed by atoms with Crippen LogP contribution in [0, 0.1) is 0 Å². The molecule has 21 heavy (non-hydrogen) atoms. The van der Waals surface area contributed by atoms with Crippen molar-refractivity contribution >= 4 is 12.0 Å². The topological polar surface area (TPSA) is 96.7 Å². The molecule has 1 saturated heterocycles. The zero-order chi connectivity index (χ0) is 15.5. The number of rotatable bonds is 4. The summed E-state index contributed by atoms with van der Waals surface area (Å²) in [7, 11) is 0. The summed E-state index contributed by atoms with van der Waals surface area (Å²) in [6.45, 7) is 6.43. The summed E-state index contributed by atoms with van der Waals surface area (Å²) < 4.78 is 7.19. The lowest BCUT2D eigenvalue weighted by Crippen LogP contribution is -2.53. The molecule has 8 nitrogen and oxygen atoms in total. The van der Waals surface area contributed by atoms with Crippen LogP contribution >= 0.6 is 0 Å². The van der Waals surface area contributed by atoms with E-state index in [1.807, 2.05) is 13.8 Å². The fraction of sp³-hybridized carbons (Fsp3) is 0.615. The van der Waals surface area contributed by atoms with Crippen LogP contribution in [0.3, 0.4) is 0 Å². The highest BCUT2D eigenvalue weighted by Crippen LogP contribution is 2.16. The number of ether oxygens (including phenoxy) is 1. The molecule has 0 saturated carbocycles. The SMILES string of the molecule is CC1(C)CN(C(=O)NCCn2cnc(C(=O)O)c2)CCO1. The number of imidazole rings is 1. The molecule has 2 heterocycles. The fourth-order valence-corrected chi connectivity index (χ4v) is 2.19. The van der Waals surface area contributed by atoms with Gasteiger partial charge in [-0.3, -0.25) is 0 Å². The number of nitrogens with one attached hydrogen (secondary N) is 1. The molecule has 1 aliphatic rings. The molecule has 1 fully saturated rings. The van der Waals surface area contributed by atoms with Gasteiger partial charge in [0, 0.05) is 25.8 Å². The fourth-order valence-electron chi connectivity index (χ4n) is 2.19. The lowest BCUT2D eigenvalue weighted by atomic mass is 10.1. The van der Waals surface area contributed by atoms with Gasteiger partial charge in [-0.05, 0) is 13.8 Å². The van der Waals surface area contributed by atoms with Crippen LogP contribution in [-0.2, 0) is 11.3 Å². The van der Waals surface area contributed by atoms with Crippen LogP contribution in [-0.4, -0.2) is 63.4 Å². The van der Waals surface area contributed by atoms with Gasteiger partial charge < -0.3 is 24.6 Å². The third kappa shape index (κ3) is 4.19. The Morgan fingerprint density at radius 3 is 2.90 bits per heavy atom. The highest BCUT2D eigenvalue weighted by atomic mass is 16.5. The molecule has 0 bridgehead atoms. The van der Waals surface area contributed by atoms with Crippen LogP contribution < -0.4 is 5.32 Å². The van der Waals surface area contributed by atoms with E-state index in [0.717, 1.165) is 0 Å². The van der Waals surface area contributed by atoms with E-state index < -0.39 is 5.97 Å². The predicted molar refractivity (Wildman–Crippen MR) is 74.2 cm³/mol. The van der Waals surface area contributed by atoms with Crippen molar-refractivity contribution in [2.45, 2.75) is 26.0 Å². The van der Waals surface area contributed by atoms with Gasteiger partial charge in [0.05, 0.1) is 25.1 Å². The molecule has 1 aromatic rings. The lowest BCUT2D eigenvalue weighted by molar-refractivity contribution is -0.0733. The normalized spacial score (nSPS) is 17.5. The maximum atomic E-state index is 12.0. The molecule has 116 valence electrons. The van der Waals surface area contributed by atoms with Gasteiger partial charge in [-0.2, -0.15) is 0 Å². The summed E-state index contributed by atoms with van der Waals surface area (Å²) in [5, 5.41) is 11.6. The number of carbonyl (C=O) groups is 2. The lowest BCUT2D eigenvalue weighted by Gasteiger charge is -2.38. The molecule has 0 spiro atoms. The Morgan fingerprint density at radius 1 is 1.52 bits per heavy atom. The molecule has 0 atom stereocenters. The van der Waals surface area contributed by atoms with Gasteiger partial charge in [-0.1, -0.05) is 0 Å². The molecule has 8 heteroatoms. The van der Waals surface area contributed by atoms with Crippen LogP contribution in [0.2, 0.25) is 0 Å². The third-order valence-electron chi connectivity index (χ3n) is 3.21. The monoisotopic (exact) mass is 296 g/mol. The number of nitrogens with zero attached hydrogens (tertiary/aromatic N) is 3. The van der Waals surface area contributed by atoms with Crippen molar-refractivity contribution in [1.82, 2.24) is 19.8 Å². The van der Waals surface area contributed by atoms with Crippen molar-refractivity contribution in [1.29, 1.82) is 0 Å². The quantitative estimate of drug-likeness (QED) is 0.838. The van der Waals surface area contributed by atoms with E-state index in [2.05, 4.69) is 10.3 Å². The largest absolute Gasteiger partial charge is 0.476 e. The second kappa shape index (κ2) is 6.13. The van der Waals surface area contributed by atoms with Crippen molar-refractivity contribution < 1.29 is 19.4 Å². The number of urea groups is 1. The predicted octanol–water partition coefficient (Wildman–Crippen LogP) is 0.402. The van der Waals surface area contributed by atoms with E-state index in [1.165, 1.54) is 12.5 Å². The smallest absolute Gasteiger partial charge is 0.356 e. The summed E-state index contributed by atoms with van der Waals surface area (Å²) in [4.78, 5) is 28.2. The minimum absolute atomic E-state index is 0.00347. The van der Waals surface area contributed by atoms with Gasteiger partial charge in [0.1, 0.15) is 0 Å². The summed E-state index contributed by atoms with van der Waals surface area (Å²) in [5.41, 5.74) is -0.327. The van der Waals surface area contributed by atoms with E-state index in [-0.39, 0.29) is 17.3 Å². The minimum atomic E-state index is -1.06. The summed E-state index contributed by atoms with van der Waals surface area (Å²) in [6.07, 6.45) is 2.87. The number of carboxylic acid groups (broad SMARTS) is 1. The van der Waals surface area contributed by atoms with Crippen LogP contribution in [0.1, 0.15) is 24.3 Å². The first-order chi connectivity index (χ1) is 9.87. The number of carboxylic acids is 1. The van der Waals surface area contributed by atoms with Crippen LogP contribution in [0.5, 0.6) is 0 Å². The zero-order valence-electron chi connectivity index (χ0n) is 12.2. The summed E-state index contributed by atoms with van der Waals surface area (Å²) in [6, 6.07) is -0.134. The number of morpholine rings is 1. The van der Waals surface area contributed by atoms with Gasteiger partial charge in [0.15, 0.2) is 5.69 Å². The molecular weight excluding hydrogens is 276 g/mol. The first-order valence-electron chi connectivity index (χ1n) is 6.79. The molecule has 2 rings (SSSR count). The molecule has 0 aromatic carbocycles. The number of carbonyl (C=O) groups excluding carboxylic acids is 1. The molecule has 1 aliphatic heterocycles. The molecule has 0 radical (unpaired) electrons. The second-order valence-electron chi connectivity index (χ2n) is 5.56. The second-order valence-corrected chi connectivity index (χ2v) is 5.56. The van der Waals surface area contributed by atoms with Crippen LogP contribution in [0.4, 0.5) is 4.79 Å². The Kier molecular flexibility index (Phi) is 4.46. The van der Waals surface area contributed by atoms with E-state index in [4.69, 9.17) is 9.84 Å². The van der Waals surface area contributed by atoms with Gasteiger partial charge >= 0.3 is 12.0 Å². The standard InChI is InChI=1S/C13H20N4O4/c1-13(2)8-17(5-6-21-13)12(20)14-3-4-16-7-10(11(18)19)15-9-16/h7,9H,3-6,8H2,1-2H3,(H,14,20)(H,18,19). The average Bonchev–Trinajstić information content (AvgIpc) is 2.86. The first-order valence-corrected chi connectivity index (χ1v) is 6.79. The molecule has 2 N–H and O–H groups in total. The Bertz CT molecular complexity index is 526. The molecular formula is C13H20N4O4. The van der Waals surface area contributed by atoms with Crippen LogP contribution in [0.25, 0.3) is 0 Å². The number of aromatic carboxylic acids is 1. The van der Waals surface area contributed by atoms with Crippen molar-refractivity contribution in [3.05, 3.63) is 18.2 Å². The molecule has 2 amide bonds. The maximum absolute atomic E-state index is 12.0. The van der Waals surface area contributed by atoms with Gasteiger partial charge in [0.25, 0.3) is 0 Å². The summed E-state index contributed by atoms with van der Waals surface area (Å²) >= 11 is 0. The Labute approximate surface area is 122 Å². The number of amides is 2. The molecule has 0 unspecified atom stereocenters. The van der Waals surface area contributed by atoms with E-state index >= 15 is 0 Å². The van der Waals surface area contributed by atoms with Crippen molar-refractivity contribution in [2.75, 3.05) is 26.2 Å². The first kappa shape index (κ1) is 15.3. The third-order valence-corrected chi connectivity index (χ3v) is 3.21. The number of hydrogen-bond donors (Lipinski definition) is 2. The number of aromatic nitrogens is 2. The average molecular weight is 296 g/mol. The van der Waals surface area contributed by atoms with Gasteiger partial charge in [-0.15, -0.1) is 0 Å². The van der Waals surface area contributed by atoms with E-state index in [9.17, 15) is 9.59 Å². The highest BCUT2D eigenvalue weighted by Gasteiger charge is 2.29. The van der Waals surface area contributed by atoms with E-state index in [0.29, 0.717) is 32.8 Å². The highest BCUT2D eigenvalue weighted by molar-refractivity contribution is 5.84. The minimum Gasteiger partial charge on any atom is -0.476 e. The zero-order valence-corrected chi connectivity index (χ0v) is 12.2. The van der Waals surface area contributed by atoms with Crippen molar-refractivity contribution in [3.63, 3.8) is 0 Å². The van der Waals surface area contributed by atoms with E-state index in [1.54, 1.807) is 9.47 Å². The Balaban J connectivity index is 1.77. The summed E-state index contributed by atoms with van der Waals surface area (Å²) in [5.74, 6) is -1.06.